The smallest absolute Gasteiger partial charge is 0.417 e. The average Bonchev–Trinajstić information content (AvgIpc) is 3.04. The van der Waals surface area contributed by atoms with Crippen molar-refractivity contribution in [1.29, 1.82) is 5.26 Å². The quantitative estimate of drug-likeness (QED) is 0.579. The Labute approximate surface area is 162 Å². The van der Waals surface area contributed by atoms with Crippen LogP contribution in [0.1, 0.15) is 46.6 Å². The first-order chi connectivity index (χ1) is 13.1. The van der Waals surface area contributed by atoms with E-state index in [2.05, 4.69) is 11.1 Å². The predicted molar refractivity (Wildman–Crippen MR) is 99.3 cm³/mol. The lowest BCUT2D eigenvalue weighted by Gasteiger charge is -2.32. The molecule has 2 aromatic carbocycles. The Morgan fingerprint density at radius 3 is 2.61 bits per heavy atom. The number of nitriles is 1. The zero-order valence-corrected chi connectivity index (χ0v) is 15.6. The van der Waals surface area contributed by atoms with Gasteiger partial charge in [0.2, 0.25) is 0 Å². The van der Waals surface area contributed by atoms with Crippen molar-refractivity contribution in [1.82, 2.24) is 4.98 Å². The van der Waals surface area contributed by atoms with Gasteiger partial charge in [-0.05, 0) is 29.8 Å². The Bertz CT molecular complexity index is 1170. The van der Waals surface area contributed by atoms with E-state index >= 15 is 0 Å². The molecule has 28 heavy (non-hydrogen) atoms. The van der Waals surface area contributed by atoms with Crippen LogP contribution in [0.5, 0.6) is 5.75 Å². The van der Waals surface area contributed by atoms with Gasteiger partial charge >= 0.3 is 5.51 Å². The third-order valence-corrected chi connectivity index (χ3v) is 5.39. The maximum atomic E-state index is 13.2. The number of hydrogen-bond acceptors (Lipinski definition) is 4. The Hall–Kier alpha value is -2.92. The van der Waals surface area contributed by atoms with Crippen molar-refractivity contribution in [2.75, 3.05) is 0 Å². The Morgan fingerprint density at radius 2 is 1.93 bits per heavy atom. The lowest BCUT2D eigenvalue weighted by atomic mass is 9.71. The molecule has 1 N–H and O–H groups in total. The second-order valence-corrected chi connectivity index (χ2v) is 7.82. The number of H-pyrrole nitrogens is 1. The standard InChI is InChI=1S/C20H13F3N2O2S/c1-19(2)14-6-4-11(27-28-20(21,22)23)8-13(14)17(26)16-12-5-3-10(9-24)7-15(12)25-18(16)19/h3-8,25H,1-2H3. The number of benzene rings is 2. The molecular weight excluding hydrogens is 389 g/mol. The van der Waals surface area contributed by atoms with Gasteiger partial charge in [-0.3, -0.25) is 4.79 Å². The van der Waals surface area contributed by atoms with E-state index in [0.717, 1.165) is 0 Å². The number of carbonyl (C=O) groups excluding carboxylic acids is 1. The van der Waals surface area contributed by atoms with Crippen LogP contribution in [0.15, 0.2) is 36.4 Å². The van der Waals surface area contributed by atoms with Crippen molar-refractivity contribution < 1.29 is 22.1 Å². The van der Waals surface area contributed by atoms with Crippen LogP contribution >= 0.6 is 12.0 Å². The third kappa shape index (κ3) is 2.83. The number of aromatic amines is 1. The minimum Gasteiger partial charge on any atom is -0.417 e. The van der Waals surface area contributed by atoms with Gasteiger partial charge < -0.3 is 9.17 Å². The molecule has 0 radical (unpaired) electrons. The SMILES string of the molecule is CC1(C)c2ccc(OSC(F)(F)F)cc2C(=O)c2c1[nH]c1cc(C#N)ccc21. The van der Waals surface area contributed by atoms with Gasteiger partial charge in [-0.15, -0.1) is 0 Å². The summed E-state index contributed by atoms with van der Waals surface area (Å²) in [7, 11) is 0. The molecule has 0 aliphatic heterocycles. The first kappa shape index (κ1) is 18.4. The molecule has 0 saturated heterocycles. The zero-order valence-electron chi connectivity index (χ0n) is 14.8. The fourth-order valence-corrected chi connectivity index (χ4v) is 3.94. The fraction of sp³-hybridized carbons (Fsp3) is 0.200. The normalized spacial score (nSPS) is 15.1. The van der Waals surface area contributed by atoms with Gasteiger partial charge in [0.25, 0.3) is 0 Å². The van der Waals surface area contributed by atoms with Crippen molar-refractivity contribution in [3.63, 3.8) is 0 Å². The Morgan fingerprint density at radius 1 is 1.18 bits per heavy atom. The lowest BCUT2D eigenvalue weighted by Crippen LogP contribution is -2.30. The van der Waals surface area contributed by atoms with E-state index in [4.69, 9.17) is 9.44 Å². The number of rotatable bonds is 2. The number of nitrogens with zero attached hydrogens (tertiary/aromatic N) is 1. The van der Waals surface area contributed by atoms with Crippen molar-refractivity contribution in [3.8, 4) is 11.8 Å². The minimum absolute atomic E-state index is 0.0414. The van der Waals surface area contributed by atoms with Gasteiger partial charge in [0.1, 0.15) is 5.75 Å². The number of hydrogen-bond donors (Lipinski definition) is 1. The largest absolute Gasteiger partial charge is 0.479 e. The summed E-state index contributed by atoms with van der Waals surface area (Å²) in [6.07, 6.45) is 0. The molecule has 0 bridgehead atoms. The fourth-order valence-electron chi connectivity index (χ4n) is 3.64. The van der Waals surface area contributed by atoms with Crippen LogP contribution in [0.4, 0.5) is 13.2 Å². The monoisotopic (exact) mass is 402 g/mol. The molecule has 3 aromatic rings. The summed E-state index contributed by atoms with van der Waals surface area (Å²) in [5.41, 5.74) is -1.80. The molecule has 8 heteroatoms. The van der Waals surface area contributed by atoms with Crippen molar-refractivity contribution in [2.24, 2.45) is 0 Å². The molecule has 0 amide bonds. The zero-order chi connectivity index (χ0) is 20.3. The Balaban J connectivity index is 1.86. The van der Waals surface area contributed by atoms with Crippen LogP contribution in [-0.4, -0.2) is 16.3 Å². The number of nitrogens with one attached hydrogen (secondary N) is 1. The van der Waals surface area contributed by atoms with Crippen molar-refractivity contribution in [3.05, 3.63) is 64.3 Å². The summed E-state index contributed by atoms with van der Waals surface area (Å²) in [4.78, 5) is 16.5. The molecular formula is C20H13F3N2O2S. The van der Waals surface area contributed by atoms with E-state index in [1.54, 1.807) is 24.3 Å². The second-order valence-electron chi connectivity index (χ2n) is 7.02. The van der Waals surface area contributed by atoms with Crippen molar-refractivity contribution >= 4 is 28.7 Å². The predicted octanol–water partition coefficient (Wildman–Crippen LogP) is 5.46. The van der Waals surface area contributed by atoms with E-state index in [-0.39, 0.29) is 11.5 Å². The molecule has 0 atom stereocenters. The molecule has 4 nitrogen and oxygen atoms in total. The molecule has 0 unspecified atom stereocenters. The maximum absolute atomic E-state index is 13.2. The van der Waals surface area contributed by atoms with E-state index < -0.39 is 23.0 Å². The van der Waals surface area contributed by atoms with Gasteiger partial charge in [0.05, 0.1) is 17.2 Å². The van der Waals surface area contributed by atoms with Gasteiger partial charge in [-0.25, -0.2) is 0 Å². The topological polar surface area (TPSA) is 65.9 Å². The third-order valence-electron chi connectivity index (χ3n) is 4.92. The first-order valence-corrected chi connectivity index (χ1v) is 9.04. The number of ketones is 1. The first-order valence-electron chi connectivity index (χ1n) is 8.30. The Kier molecular flexibility index (Phi) is 3.98. The van der Waals surface area contributed by atoms with Crippen LogP contribution in [-0.2, 0) is 5.41 Å². The van der Waals surface area contributed by atoms with Crippen LogP contribution < -0.4 is 4.18 Å². The molecule has 1 aliphatic rings. The number of carbonyl (C=O) groups is 1. The molecule has 1 aliphatic carbocycles. The van der Waals surface area contributed by atoms with Crippen LogP contribution in [0.25, 0.3) is 10.9 Å². The summed E-state index contributed by atoms with van der Waals surface area (Å²) >= 11 is -0.616. The highest BCUT2D eigenvalue weighted by Gasteiger charge is 2.40. The van der Waals surface area contributed by atoms with Crippen molar-refractivity contribution in [2.45, 2.75) is 24.8 Å². The number of halogens is 3. The summed E-state index contributed by atoms with van der Waals surface area (Å²) in [6.45, 7) is 3.87. The molecule has 4 rings (SSSR count). The average molecular weight is 402 g/mol. The highest BCUT2D eigenvalue weighted by molar-refractivity contribution is 7.95. The van der Waals surface area contributed by atoms with E-state index in [1.165, 1.54) is 12.1 Å². The van der Waals surface area contributed by atoms with Gasteiger partial charge in [-0.1, -0.05) is 26.0 Å². The van der Waals surface area contributed by atoms with Gasteiger partial charge in [-0.2, -0.15) is 18.4 Å². The van der Waals surface area contributed by atoms with Crippen LogP contribution in [0.2, 0.25) is 0 Å². The molecule has 1 heterocycles. The highest BCUT2D eigenvalue weighted by Crippen LogP contribution is 2.45. The molecule has 0 fully saturated rings. The number of fused-ring (bicyclic) bond motifs is 4. The molecule has 1 aromatic heterocycles. The maximum Gasteiger partial charge on any atom is 0.479 e. The second kappa shape index (κ2) is 6.04. The van der Waals surface area contributed by atoms with Gasteiger partial charge in [0, 0.05) is 27.6 Å². The highest BCUT2D eigenvalue weighted by atomic mass is 32.2. The molecule has 142 valence electrons. The number of alkyl halides is 3. The summed E-state index contributed by atoms with van der Waals surface area (Å²) in [5.74, 6) is -0.331. The minimum atomic E-state index is -4.54. The molecule has 0 spiro atoms. The summed E-state index contributed by atoms with van der Waals surface area (Å²) in [5, 5.41) is 9.78. The van der Waals surface area contributed by atoms with Crippen LogP contribution in [0.3, 0.4) is 0 Å². The summed E-state index contributed by atoms with van der Waals surface area (Å²) in [6, 6.07) is 11.5. The van der Waals surface area contributed by atoms with E-state index in [0.29, 0.717) is 38.9 Å². The van der Waals surface area contributed by atoms with E-state index in [1.807, 2.05) is 13.8 Å². The van der Waals surface area contributed by atoms with Gasteiger partial charge in [0.15, 0.2) is 17.8 Å². The van der Waals surface area contributed by atoms with E-state index in [9.17, 15) is 18.0 Å². The number of aromatic nitrogens is 1. The molecule has 0 saturated carbocycles. The summed E-state index contributed by atoms with van der Waals surface area (Å²) < 4.78 is 42.0. The van der Waals surface area contributed by atoms with Crippen LogP contribution in [0, 0.1) is 11.3 Å². The lowest BCUT2D eigenvalue weighted by molar-refractivity contribution is -0.0369.